The standard InChI is InChI=1S/C31H44N4OS/c1-3-15-34-19-27-29(37-22(2)33-27)31(21-34)20-32-18-26(31)30(36)35-16-14-25(23-10-6-4-7-11-23)17-28(35)24-12-8-5-9-13-24/h4,6-7,10-11,24-26,28,32H,3,5,8-9,12-21H2,1-2H3/t25-,26-,28+,31-/m1/s1. The van der Waals surface area contributed by atoms with Gasteiger partial charge < -0.3 is 10.2 Å². The molecule has 1 aromatic heterocycles. The number of carbonyl (C=O) groups excluding carboxylic acids is 1. The molecule has 0 bridgehead atoms. The zero-order chi connectivity index (χ0) is 25.4. The van der Waals surface area contributed by atoms with Crippen molar-refractivity contribution in [2.45, 2.75) is 89.1 Å². The zero-order valence-electron chi connectivity index (χ0n) is 22.8. The lowest BCUT2D eigenvalue weighted by atomic mass is 9.71. The average Bonchev–Trinajstić information content (AvgIpc) is 3.52. The third-order valence-corrected chi connectivity index (χ3v) is 11.1. The lowest BCUT2D eigenvalue weighted by Gasteiger charge is -2.48. The molecule has 1 amide bonds. The molecule has 3 fully saturated rings. The lowest BCUT2D eigenvalue weighted by molar-refractivity contribution is -0.143. The summed E-state index contributed by atoms with van der Waals surface area (Å²) in [5.74, 6) is 1.64. The SMILES string of the molecule is CCCN1Cc2nc(C)sc2[C@]2(CNC[C@@H]2C(=O)N2CC[C@@H](c3ccccc3)C[C@H]2C2CCCCC2)C1. The molecule has 1 spiro atoms. The molecule has 4 heterocycles. The number of thiazole rings is 1. The second-order valence-corrected chi connectivity index (χ2v) is 13.4. The van der Waals surface area contributed by atoms with Crippen LogP contribution in [0.3, 0.4) is 0 Å². The minimum atomic E-state index is -0.140. The van der Waals surface area contributed by atoms with Gasteiger partial charge in [-0.1, -0.05) is 56.5 Å². The van der Waals surface area contributed by atoms with Crippen molar-refractivity contribution in [1.82, 2.24) is 20.1 Å². The predicted octanol–water partition coefficient (Wildman–Crippen LogP) is 5.49. The van der Waals surface area contributed by atoms with E-state index in [9.17, 15) is 4.79 Å². The predicted molar refractivity (Wildman–Crippen MR) is 151 cm³/mol. The summed E-state index contributed by atoms with van der Waals surface area (Å²) in [4.78, 5) is 26.0. The molecular formula is C31H44N4OS. The minimum Gasteiger partial charge on any atom is -0.339 e. The van der Waals surface area contributed by atoms with Gasteiger partial charge in [0.05, 0.1) is 16.6 Å². The fourth-order valence-electron chi connectivity index (χ4n) is 8.13. The van der Waals surface area contributed by atoms with Crippen molar-refractivity contribution in [3.63, 3.8) is 0 Å². The topological polar surface area (TPSA) is 48.5 Å². The van der Waals surface area contributed by atoms with Crippen molar-refractivity contribution >= 4 is 17.2 Å². The molecule has 6 rings (SSSR count). The number of piperidine rings is 1. The number of benzene rings is 1. The number of amides is 1. The summed E-state index contributed by atoms with van der Waals surface area (Å²) in [6, 6.07) is 11.4. The van der Waals surface area contributed by atoms with Crippen molar-refractivity contribution in [2.75, 3.05) is 32.7 Å². The van der Waals surface area contributed by atoms with E-state index in [0.29, 0.717) is 23.8 Å². The molecule has 1 saturated carbocycles. The first-order chi connectivity index (χ1) is 18.1. The van der Waals surface area contributed by atoms with Crippen molar-refractivity contribution in [2.24, 2.45) is 11.8 Å². The van der Waals surface area contributed by atoms with E-state index in [1.165, 1.54) is 48.2 Å². The first-order valence-corrected chi connectivity index (χ1v) is 15.7. The molecule has 6 heteroatoms. The van der Waals surface area contributed by atoms with Gasteiger partial charge in [-0.3, -0.25) is 9.69 Å². The van der Waals surface area contributed by atoms with Gasteiger partial charge in [0.2, 0.25) is 5.91 Å². The van der Waals surface area contributed by atoms with E-state index in [4.69, 9.17) is 4.98 Å². The molecule has 4 aliphatic rings. The first kappa shape index (κ1) is 25.5. The summed E-state index contributed by atoms with van der Waals surface area (Å²) in [6.07, 6.45) is 9.92. The van der Waals surface area contributed by atoms with Crippen molar-refractivity contribution in [1.29, 1.82) is 0 Å². The van der Waals surface area contributed by atoms with Gasteiger partial charge in [-0.05, 0) is 63.0 Å². The van der Waals surface area contributed by atoms with Crippen LogP contribution in [0.2, 0.25) is 0 Å². The van der Waals surface area contributed by atoms with Crippen molar-refractivity contribution in [3.05, 3.63) is 51.5 Å². The molecule has 1 aromatic carbocycles. The Morgan fingerprint density at radius 2 is 1.97 bits per heavy atom. The molecule has 2 aromatic rings. The Kier molecular flexibility index (Phi) is 7.43. The molecule has 1 aliphatic carbocycles. The fourth-order valence-corrected chi connectivity index (χ4v) is 9.29. The molecule has 3 aliphatic heterocycles. The van der Waals surface area contributed by atoms with Gasteiger partial charge in [0, 0.05) is 49.1 Å². The number of hydrogen-bond donors (Lipinski definition) is 1. The summed E-state index contributed by atoms with van der Waals surface area (Å²) >= 11 is 1.85. The van der Waals surface area contributed by atoms with E-state index in [-0.39, 0.29) is 11.3 Å². The van der Waals surface area contributed by atoms with Gasteiger partial charge in [0.1, 0.15) is 0 Å². The number of nitrogens with zero attached hydrogens (tertiary/aromatic N) is 3. The number of aromatic nitrogens is 1. The maximum Gasteiger partial charge on any atom is 0.228 e. The second kappa shape index (κ2) is 10.8. The number of aryl methyl sites for hydroxylation is 1. The number of likely N-dealkylation sites (tertiary alicyclic amines) is 1. The minimum absolute atomic E-state index is 0.00474. The van der Waals surface area contributed by atoms with Gasteiger partial charge >= 0.3 is 0 Å². The quantitative estimate of drug-likeness (QED) is 0.566. The Hall–Kier alpha value is -1.76. The first-order valence-electron chi connectivity index (χ1n) is 14.8. The Bertz CT molecular complexity index is 1080. The van der Waals surface area contributed by atoms with E-state index >= 15 is 0 Å². The lowest BCUT2D eigenvalue weighted by Crippen LogP contribution is -2.57. The van der Waals surface area contributed by atoms with Crippen LogP contribution < -0.4 is 5.32 Å². The van der Waals surface area contributed by atoms with Gasteiger partial charge in [-0.25, -0.2) is 4.98 Å². The molecule has 200 valence electrons. The summed E-state index contributed by atoms with van der Waals surface area (Å²) in [5, 5.41) is 4.84. The zero-order valence-corrected chi connectivity index (χ0v) is 23.6. The number of fused-ring (bicyclic) bond motifs is 2. The van der Waals surface area contributed by atoms with Gasteiger partial charge in [0.25, 0.3) is 0 Å². The second-order valence-electron chi connectivity index (χ2n) is 12.2. The van der Waals surface area contributed by atoms with Crippen LogP contribution in [0.1, 0.15) is 85.4 Å². The van der Waals surface area contributed by atoms with Gasteiger partial charge in [-0.2, -0.15) is 0 Å². The summed E-state index contributed by atoms with van der Waals surface area (Å²) in [5.41, 5.74) is 2.55. The third-order valence-electron chi connectivity index (χ3n) is 9.82. The molecule has 1 N–H and O–H groups in total. The van der Waals surface area contributed by atoms with Crippen LogP contribution in [0.4, 0.5) is 0 Å². The van der Waals surface area contributed by atoms with E-state index in [1.807, 2.05) is 11.3 Å². The molecule has 4 atom stereocenters. The highest BCUT2D eigenvalue weighted by Crippen LogP contribution is 2.47. The van der Waals surface area contributed by atoms with Crippen molar-refractivity contribution in [3.8, 4) is 0 Å². The largest absolute Gasteiger partial charge is 0.339 e. The van der Waals surface area contributed by atoms with Crippen LogP contribution in [0.15, 0.2) is 30.3 Å². The molecular weight excluding hydrogens is 476 g/mol. The normalized spacial score (nSPS) is 31.1. The molecule has 37 heavy (non-hydrogen) atoms. The summed E-state index contributed by atoms with van der Waals surface area (Å²) < 4.78 is 0. The van der Waals surface area contributed by atoms with E-state index in [0.717, 1.165) is 63.5 Å². The molecule has 0 radical (unpaired) electrons. The molecule has 2 saturated heterocycles. The van der Waals surface area contributed by atoms with E-state index in [1.54, 1.807) is 0 Å². The highest BCUT2D eigenvalue weighted by atomic mass is 32.1. The molecule has 0 unspecified atom stereocenters. The van der Waals surface area contributed by atoms with Crippen LogP contribution >= 0.6 is 11.3 Å². The van der Waals surface area contributed by atoms with Gasteiger partial charge in [-0.15, -0.1) is 11.3 Å². The highest BCUT2D eigenvalue weighted by molar-refractivity contribution is 7.11. The smallest absolute Gasteiger partial charge is 0.228 e. The Labute approximate surface area is 227 Å². The van der Waals surface area contributed by atoms with Gasteiger partial charge in [0.15, 0.2) is 0 Å². The molecule has 5 nitrogen and oxygen atoms in total. The monoisotopic (exact) mass is 520 g/mol. The maximum atomic E-state index is 14.7. The Morgan fingerprint density at radius 3 is 2.76 bits per heavy atom. The van der Waals surface area contributed by atoms with Crippen LogP contribution in [-0.4, -0.2) is 59.5 Å². The fraction of sp³-hybridized carbons (Fsp3) is 0.677. The van der Waals surface area contributed by atoms with Crippen LogP contribution in [0, 0.1) is 18.8 Å². The Morgan fingerprint density at radius 1 is 1.16 bits per heavy atom. The average molecular weight is 521 g/mol. The number of nitrogens with one attached hydrogen (secondary N) is 1. The summed E-state index contributed by atoms with van der Waals surface area (Å²) in [7, 11) is 0. The highest BCUT2D eigenvalue weighted by Gasteiger charge is 2.55. The van der Waals surface area contributed by atoms with Crippen LogP contribution in [0.25, 0.3) is 0 Å². The maximum absolute atomic E-state index is 14.7. The third kappa shape index (κ3) is 4.79. The summed E-state index contributed by atoms with van der Waals surface area (Å²) in [6.45, 7) is 9.98. The number of hydrogen-bond acceptors (Lipinski definition) is 5. The van der Waals surface area contributed by atoms with Crippen LogP contribution in [-0.2, 0) is 16.8 Å². The number of rotatable bonds is 5. The van der Waals surface area contributed by atoms with E-state index in [2.05, 4.69) is 59.3 Å². The number of carbonyl (C=O) groups is 1. The van der Waals surface area contributed by atoms with Crippen LogP contribution in [0.5, 0.6) is 0 Å². The Balaban J connectivity index is 1.31. The van der Waals surface area contributed by atoms with Crippen molar-refractivity contribution < 1.29 is 4.79 Å². The van der Waals surface area contributed by atoms with E-state index < -0.39 is 0 Å².